The van der Waals surface area contributed by atoms with Gasteiger partial charge in [-0.25, -0.2) is 0 Å². The van der Waals surface area contributed by atoms with Crippen LogP contribution in [0.4, 0.5) is 16.5 Å². The first-order valence-electron chi connectivity index (χ1n) is 10.0. The molecule has 0 radical (unpaired) electrons. The number of nitrogens with zero attached hydrogens (tertiary/aromatic N) is 5. The van der Waals surface area contributed by atoms with Crippen LogP contribution in [0.3, 0.4) is 0 Å². The summed E-state index contributed by atoms with van der Waals surface area (Å²) in [6.45, 7) is 1.84. The zero-order valence-corrected chi connectivity index (χ0v) is 19.2. The van der Waals surface area contributed by atoms with Gasteiger partial charge in [0, 0.05) is 23.8 Å². The van der Waals surface area contributed by atoms with E-state index in [1.807, 2.05) is 37.3 Å². The topological polar surface area (TPSA) is 115 Å². The number of non-ortho nitro benzene ring substituents is 1. The highest BCUT2D eigenvalue weighted by atomic mass is 32.2. The van der Waals surface area contributed by atoms with Crippen molar-refractivity contribution in [3.8, 4) is 11.3 Å². The van der Waals surface area contributed by atoms with E-state index in [1.165, 1.54) is 40.1 Å². The Balaban J connectivity index is 1.49. The molecule has 3 heterocycles. The third kappa shape index (κ3) is 4.38. The summed E-state index contributed by atoms with van der Waals surface area (Å²) < 4.78 is 5.87. The smallest absolute Gasteiger partial charge is 0.271 e. The molecule has 11 heteroatoms. The maximum absolute atomic E-state index is 13.3. The number of hydrogen-bond acceptors (Lipinski definition) is 9. The lowest BCUT2D eigenvalue weighted by atomic mass is 10.1. The lowest BCUT2D eigenvalue weighted by molar-refractivity contribution is -0.384. The van der Waals surface area contributed by atoms with Crippen LogP contribution in [0.25, 0.3) is 17.4 Å². The van der Waals surface area contributed by atoms with Crippen molar-refractivity contribution < 1.29 is 14.1 Å². The molecule has 4 aromatic rings. The van der Waals surface area contributed by atoms with E-state index in [1.54, 1.807) is 30.3 Å². The second kappa shape index (κ2) is 9.04. The van der Waals surface area contributed by atoms with Gasteiger partial charge in [0.1, 0.15) is 16.5 Å². The van der Waals surface area contributed by atoms with Crippen molar-refractivity contribution >= 4 is 56.8 Å². The van der Waals surface area contributed by atoms with Crippen molar-refractivity contribution in [3.05, 3.63) is 92.5 Å². The molecule has 5 rings (SSSR count). The summed E-state index contributed by atoms with van der Waals surface area (Å²) in [4.78, 5) is 30.4. The predicted molar refractivity (Wildman–Crippen MR) is 132 cm³/mol. The number of carbonyl (C=O) groups is 1. The van der Waals surface area contributed by atoms with Gasteiger partial charge in [-0.15, -0.1) is 10.2 Å². The summed E-state index contributed by atoms with van der Waals surface area (Å²) in [6.07, 6.45) is 1.64. The number of amides is 1. The molecular weight excluding hydrogens is 474 g/mol. The number of benzene rings is 2. The Morgan fingerprint density at radius 3 is 2.65 bits per heavy atom. The Bertz CT molecular complexity index is 1460. The molecule has 2 aromatic carbocycles. The minimum atomic E-state index is -0.457. The quantitative estimate of drug-likeness (QED) is 0.197. The maximum atomic E-state index is 13.3. The van der Waals surface area contributed by atoms with Gasteiger partial charge in [-0.3, -0.25) is 19.8 Å². The summed E-state index contributed by atoms with van der Waals surface area (Å²) in [6, 6.07) is 18.8. The fourth-order valence-electron chi connectivity index (χ4n) is 3.25. The lowest BCUT2D eigenvalue weighted by Crippen LogP contribution is -2.28. The van der Waals surface area contributed by atoms with Crippen LogP contribution in [-0.2, 0) is 4.79 Å². The van der Waals surface area contributed by atoms with E-state index < -0.39 is 4.92 Å². The first kappa shape index (κ1) is 21.7. The molecule has 1 fully saturated rings. The normalized spacial score (nSPS) is 16.0. The van der Waals surface area contributed by atoms with Crippen molar-refractivity contribution in [2.24, 2.45) is 4.99 Å². The van der Waals surface area contributed by atoms with Gasteiger partial charge in [0.15, 0.2) is 5.17 Å². The molecule has 34 heavy (non-hydrogen) atoms. The monoisotopic (exact) mass is 489 g/mol. The molecule has 0 N–H and O–H groups in total. The molecule has 0 aliphatic carbocycles. The van der Waals surface area contributed by atoms with Gasteiger partial charge in [0.25, 0.3) is 11.6 Å². The molecule has 0 spiro atoms. The fourth-order valence-corrected chi connectivity index (χ4v) is 4.83. The zero-order chi connectivity index (χ0) is 23.7. The second-order valence-electron chi connectivity index (χ2n) is 7.09. The van der Waals surface area contributed by atoms with E-state index in [9.17, 15) is 14.9 Å². The molecule has 1 amide bonds. The number of para-hydroxylation sites is 1. The summed E-state index contributed by atoms with van der Waals surface area (Å²) in [5.41, 5.74) is 1.23. The predicted octanol–water partition coefficient (Wildman–Crippen LogP) is 5.82. The Morgan fingerprint density at radius 1 is 1.09 bits per heavy atom. The molecule has 168 valence electrons. The molecule has 0 unspecified atom stereocenters. The number of anilines is 1. The van der Waals surface area contributed by atoms with Gasteiger partial charge in [-0.05, 0) is 43.0 Å². The number of rotatable bonds is 5. The van der Waals surface area contributed by atoms with E-state index >= 15 is 0 Å². The highest BCUT2D eigenvalue weighted by Gasteiger charge is 2.35. The summed E-state index contributed by atoms with van der Waals surface area (Å²) in [5, 5.41) is 20.8. The molecule has 1 aliphatic heterocycles. The number of aliphatic imine (C=N–C) groups is 1. The molecule has 9 nitrogen and oxygen atoms in total. The summed E-state index contributed by atoms with van der Waals surface area (Å²) >= 11 is 2.54. The summed E-state index contributed by atoms with van der Waals surface area (Å²) in [7, 11) is 0. The highest BCUT2D eigenvalue weighted by Crippen LogP contribution is 2.38. The number of aryl methyl sites for hydroxylation is 1. The number of nitro benzene ring substituents is 1. The zero-order valence-electron chi connectivity index (χ0n) is 17.6. The highest BCUT2D eigenvalue weighted by molar-refractivity contribution is 8.19. The van der Waals surface area contributed by atoms with Gasteiger partial charge in [-0.1, -0.05) is 41.7 Å². The Morgan fingerprint density at radius 2 is 1.91 bits per heavy atom. The number of furan rings is 1. The maximum Gasteiger partial charge on any atom is 0.271 e. The largest absolute Gasteiger partial charge is 0.457 e. The van der Waals surface area contributed by atoms with Crippen molar-refractivity contribution in [2.45, 2.75) is 6.92 Å². The number of carbonyl (C=O) groups excluding carboxylic acids is 1. The van der Waals surface area contributed by atoms with Gasteiger partial charge in [0.2, 0.25) is 5.13 Å². The first-order chi connectivity index (χ1) is 16.5. The van der Waals surface area contributed by atoms with Gasteiger partial charge in [0.05, 0.1) is 15.5 Å². The van der Waals surface area contributed by atoms with Crippen LogP contribution in [-0.4, -0.2) is 26.2 Å². The molecule has 2 aromatic heterocycles. The van der Waals surface area contributed by atoms with E-state index in [2.05, 4.69) is 15.2 Å². The average Bonchev–Trinajstić information content (AvgIpc) is 3.55. The number of nitro groups is 1. The summed E-state index contributed by atoms with van der Waals surface area (Å²) in [5.74, 6) is 0.659. The number of thioether (sulfide) groups is 1. The van der Waals surface area contributed by atoms with Crippen LogP contribution in [0.2, 0.25) is 0 Å². The SMILES string of the molecule is Cc1nnc(/N=C2/S/C(=C/c3ccc(-c4cccc([N+](=O)[O-])c4)o3)C(=O)N2c2ccccc2)s1. The molecule has 0 saturated carbocycles. The molecule has 0 atom stereocenters. The average molecular weight is 490 g/mol. The van der Waals surface area contributed by atoms with Crippen molar-refractivity contribution in [1.82, 2.24) is 10.2 Å². The van der Waals surface area contributed by atoms with E-state index in [0.29, 0.717) is 38.0 Å². The van der Waals surface area contributed by atoms with Crippen molar-refractivity contribution in [1.29, 1.82) is 0 Å². The van der Waals surface area contributed by atoms with Crippen LogP contribution in [0.5, 0.6) is 0 Å². The van der Waals surface area contributed by atoms with Gasteiger partial charge in [-0.2, -0.15) is 4.99 Å². The molecular formula is C23H15N5O4S2. The van der Waals surface area contributed by atoms with Crippen LogP contribution in [0.1, 0.15) is 10.8 Å². The van der Waals surface area contributed by atoms with Crippen LogP contribution < -0.4 is 4.90 Å². The third-order valence-electron chi connectivity index (χ3n) is 4.77. The molecule has 1 saturated heterocycles. The van der Waals surface area contributed by atoms with Crippen molar-refractivity contribution in [3.63, 3.8) is 0 Å². The Hall–Kier alpha value is -4.09. The number of hydrogen-bond donors (Lipinski definition) is 0. The molecule has 0 bridgehead atoms. The van der Waals surface area contributed by atoms with Crippen molar-refractivity contribution in [2.75, 3.05) is 4.90 Å². The van der Waals surface area contributed by atoms with Gasteiger partial charge >= 0.3 is 0 Å². The van der Waals surface area contributed by atoms with Crippen LogP contribution in [0.15, 0.2) is 81.0 Å². The standard InChI is InChI=1S/C23H15N5O4S2/c1-14-25-26-22(33-14)24-23-27(16-7-3-2-4-8-16)21(29)20(34-23)13-18-10-11-19(32-18)15-6-5-9-17(12-15)28(30)31/h2-13H,1H3/b20-13+,24-23+. The second-order valence-corrected chi connectivity index (χ2v) is 9.26. The van der Waals surface area contributed by atoms with E-state index in [-0.39, 0.29) is 11.6 Å². The Kier molecular flexibility index (Phi) is 5.78. The third-order valence-corrected chi connectivity index (χ3v) is 6.47. The first-order valence-corrected chi connectivity index (χ1v) is 11.6. The minimum absolute atomic E-state index is 0.0263. The number of aromatic nitrogens is 2. The number of amidine groups is 1. The molecule has 1 aliphatic rings. The fraction of sp³-hybridized carbons (Fsp3) is 0.0435. The minimum Gasteiger partial charge on any atom is -0.457 e. The van der Waals surface area contributed by atoms with Crippen LogP contribution in [0, 0.1) is 17.0 Å². The van der Waals surface area contributed by atoms with E-state index in [4.69, 9.17) is 4.42 Å². The van der Waals surface area contributed by atoms with Gasteiger partial charge < -0.3 is 4.42 Å². The van der Waals surface area contributed by atoms with Crippen LogP contribution >= 0.6 is 23.1 Å². The van der Waals surface area contributed by atoms with E-state index in [0.717, 1.165) is 5.01 Å². The Labute approximate surface area is 201 Å². The lowest BCUT2D eigenvalue weighted by Gasteiger charge is -2.14.